The predicted octanol–water partition coefficient (Wildman–Crippen LogP) is 0.709. The van der Waals surface area contributed by atoms with Gasteiger partial charge in [-0.05, 0) is 31.4 Å². The van der Waals surface area contributed by atoms with Crippen LogP contribution in [-0.4, -0.2) is 37.8 Å². The number of anilines is 1. The van der Waals surface area contributed by atoms with Crippen molar-refractivity contribution >= 4 is 27.3 Å². The van der Waals surface area contributed by atoms with Crippen LogP contribution in [0.3, 0.4) is 0 Å². The Bertz CT molecular complexity index is 696. The standard InChI is InChI=1S/C15H18N2O4S/c18-13(16-11-4-2-1-3-5-11)15(7-8-15)14(19)17-12-6-9-22(20,21)10-12/h1-5,12H,6-10H2,(H,16,18)(H,17,19). The number of carbonyl (C=O) groups is 2. The summed E-state index contributed by atoms with van der Waals surface area (Å²) in [4.78, 5) is 24.7. The van der Waals surface area contributed by atoms with Crippen molar-refractivity contribution in [3.05, 3.63) is 30.3 Å². The van der Waals surface area contributed by atoms with Crippen molar-refractivity contribution in [1.82, 2.24) is 5.32 Å². The zero-order chi connectivity index (χ0) is 15.8. The number of benzene rings is 1. The van der Waals surface area contributed by atoms with Crippen LogP contribution in [0.4, 0.5) is 5.69 Å². The molecule has 0 spiro atoms. The van der Waals surface area contributed by atoms with Gasteiger partial charge >= 0.3 is 0 Å². The number of rotatable bonds is 4. The maximum atomic E-state index is 12.4. The number of hydrogen-bond donors (Lipinski definition) is 2. The van der Waals surface area contributed by atoms with E-state index in [1.165, 1.54) is 0 Å². The summed E-state index contributed by atoms with van der Waals surface area (Å²) in [5, 5.41) is 5.47. The fourth-order valence-corrected chi connectivity index (χ4v) is 4.36. The molecule has 1 atom stereocenters. The third-order valence-electron chi connectivity index (χ3n) is 4.22. The van der Waals surface area contributed by atoms with E-state index in [1.54, 1.807) is 24.3 Å². The minimum atomic E-state index is -3.05. The Labute approximate surface area is 129 Å². The molecular weight excluding hydrogens is 304 g/mol. The summed E-state index contributed by atoms with van der Waals surface area (Å²) < 4.78 is 22.9. The van der Waals surface area contributed by atoms with Gasteiger partial charge in [0.25, 0.3) is 0 Å². The van der Waals surface area contributed by atoms with Crippen molar-refractivity contribution in [1.29, 1.82) is 0 Å². The van der Waals surface area contributed by atoms with Crippen molar-refractivity contribution in [2.45, 2.75) is 25.3 Å². The second kappa shape index (κ2) is 5.39. The van der Waals surface area contributed by atoms with Gasteiger partial charge in [-0.25, -0.2) is 8.42 Å². The summed E-state index contributed by atoms with van der Waals surface area (Å²) in [7, 11) is -3.05. The molecule has 1 aliphatic carbocycles. The summed E-state index contributed by atoms with van der Waals surface area (Å²) in [6.07, 6.45) is 1.42. The quantitative estimate of drug-likeness (QED) is 0.799. The Kier molecular flexibility index (Phi) is 3.68. The first-order valence-corrected chi connectivity index (χ1v) is 9.11. The second-order valence-electron chi connectivity index (χ2n) is 5.98. The van der Waals surface area contributed by atoms with Crippen LogP contribution in [0.25, 0.3) is 0 Å². The van der Waals surface area contributed by atoms with Crippen molar-refractivity contribution in [3.8, 4) is 0 Å². The molecule has 2 fully saturated rings. The van der Waals surface area contributed by atoms with Crippen molar-refractivity contribution < 1.29 is 18.0 Å². The predicted molar refractivity (Wildman–Crippen MR) is 81.9 cm³/mol. The van der Waals surface area contributed by atoms with Crippen molar-refractivity contribution in [2.24, 2.45) is 5.41 Å². The van der Waals surface area contributed by atoms with Crippen LogP contribution in [0.15, 0.2) is 30.3 Å². The normalized spacial score (nSPS) is 24.5. The fraction of sp³-hybridized carbons (Fsp3) is 0.467. The maximum Gasteiger partial charge on any atom is 0.240 e. The van der Waals surface area contributed by atoms with E-state index in [2.05, 4.69) is 10.6 Å². The largest absolute Gasteiger partial charge is 0.351 e. The van der Waals surface area contributed by atoms with Crippen LogP contribution in [0, 0.1) is 5.41 Å². The molecule has 1 saturated heterocycles. The van der Waals surface area contributed by atoms with Gasteiger partial charge in [-0.1, -0.05) is 18.2 Å². The van der Waals surface area contributed by atoms with Crippen LogP contribution in [0.2, 0.25) is 0 Å². The van der Waals surface area contributed by atoms with Crippen LogP contribution in [0.1, 0.15) is 19.3 Å². The highest BCUT2D eigenvalue weighted by molar-refractivity contribution is 7.91. The van der Waals surface area contributed by atoms with Gasteiger partial charge in [0, 0.05) is 11.7 Å². The van der Waals surface area contributed by atoms with E-state index >= 15 is 0 Å². The van der Waals surface area contributed by atoms with Crippen molar-refractivity contribution in [2.75, 3.05) is 16.8 Å². The molecule has 0 aromatic heterocycles. The Balaban J connectivity index is 1.63. The summed E-state index contributed by atoms with van der Waals surface area (Å²) in [5.41, 5.74) is -0.391. The fourth-order valence-electron chi connectivity index (χ4n) is 2.69. The van der Waals surface area contributed by atoms with Gasteiger partial charge in [-0.15, -0.1) is 0 Å². The number of para-hydroxylation sites is 1. The second-order valence-corrected chi connectivity index (χ2v) is 8.20. The molecule has 22 heavy (non-hydrogen) atoms. The molecule has 1 unspecified atom stereocenters. The Morgan fingerprint density at radius 3 is 2.32 bits per heavy atom. The topological polar surface area (TPSA) is 92.3 Å². The number of nitrogens with one attached hydrogen (secondary N) is 2. The number of carbonyl (C=O) groups excluding carboxylic acids is 2. The lowest BCUT2D eigenvalue weighted by molar-refractivity contribution is -0.134. The molecule has 1 aliphatic heterocycles. The molecular formula is C15H18N2O4S. The SMILES string of the molecule is O=C(Nc1ccccc1)C1(C(=O)NC2CCS(=O)(=O)C2)CC1. The average molecular weight is 322 g/mol. The molecule has 1 heterocycles. The monoisotopic (exact) mass is 322 g/mol. The molecule has 0 radical (unpaired) electrons. The molecule has 2 N–H and O–H groups in total. The van der Waals surface area contributed by atoms with Gasteiger partial charge in [0.1, 0.15) is 5.41 Å². The van der Waals surface area contributed by atoms with Gasteiger partial charge in [0.15, 0.2) is 9.84 Å². The number of amides is 2. The summed E-state index contributed by atoms with van der Waals surface area (Å²) in [6, 6.07) is 8.59. The Hall–Kier alpha value is -1.89. The first-order chi connectivity index (χ1) is 10.4. The minimum Gasteiger partial charge on any atom is -0.351 e. The van der Waals surface area contributed by atoms with Crippen LogP contribution in [0.5, 0.6) is 0 Å². The number of sulfone groups is 1. The van der Waals surface area contributed by atoms with E-state index in [0.717, 1.165) is 0 Å². The summed E-state index contributed by atoms with van der Waals surface area (Å²) >= 11 is 0. The maximum absolute atomic E-state index is 12.4. The van der Waals surface area contributed by atoms with Gasteiger partial charge in [0.05, 0.1) is 11.5 Å². The molecule has 3 rings (SSSR count). The van der Waals surface area contributed by atoms with E-state index < -0.39 is 15.3 Å². The highest BCUT2D eigenvalue weighted by Gasteiger charge is 2.57. The van der Waals surface area contributed by atoms with Crippen LogP contribution < -0.4 is 10.6 Å². The van der Waals surface area contributed by atoms with Crippen molar-refractivity contribution in [3.63, 3.8) is 0 Å². The van der Waals surface area contributed by atoms with Crippen LogP contribution in [-0.2, 0) is 19.4 Å². The van der Waals surface area contributed by atoms with E-state index in [0.29, 0.717) is 24.9 Å². The Morgan fingerprint density at radius 1 is 1.09 bits per heavy atom. The molecule has 2 amide bonds. The van der Waals surface area contributed by atoms with Gasteiger partial charge in [-0.3, -0.25) is 9.59 Å². The highest BCUT2D eigenvalue weighted by Crippen LogP contribution is 2.47. The Morgan fingerprint density at radius 2 is 1.77 bits per heavy atom. The van der Waals surface area contributed by atoms with E-state index in [-0.39, 0.29) is 29.4 Å². The molecule has 1 aromatic rings. The lowest BCUT2D eigenvalue weighted by atomic mass is 10.0. The number of hydrogen-bond acceptors (Lipinski definition) is 4. The summed E-state index contributed by atoms with van der Waals surface area (Å²) in [6.45, 7) is 0. The van der Waals surface area contributed by atoms with Gasteiger partial charge in [-0.2, -0.15) is 0 Å². The first kappa shape index (κ1) is 15.0. The third-order valence-corrected chi connectivity index (χ3v) is 5.99. The van der Waals surface area contributed by atoms with E-state index in [4.69, 9.17) is 0 Å². The van der Waals surface area contributed by atoms with E-state index in [9.17, 15) is 18.0 Å². The van der Waals surface area contributed by atoms with E-state index in [1.807, 2.05) is 6.07 Å². The molecule has 0 bridgehead atoms. The third kappa shape index (κ3) is 2.99. The molecule has 1 aromatic carbocycles. The zero-order valence-corrected chi connectivity index (χ0v) is 12.9. The van der Waals surface area contributed by atoms with Gasteiger partial charge < -0.3 is 10.6 Å². The lowest BCUT2D eigenvalue weighted by Crippen LogP contribution is -2.45. The molecule has 118 valence electrons. The minimum absolute atomic E-state index is 0.0326. The molecule has 6 nitrogen and oxygen atoms in total. The first-order valence-electron chi connectivity index (χ1n) is 7.29. The average Bonchev–Trinajstić information content (AvgIpc) is 3.21. The smallest absolute Gasteiger partial charge is 0.240 e. The highest BCUT2D eigenvalue weighted by atomic mass is 32.2. The lowest BCUT2D eigenvalue weighted by Gasteiger charge is -2.18. The summed E-state index contributed by atoms with van der Waals surface area (Å²) in [5.74, 6) is -0.615. The molecule has 2 aliphatic rings. The van der Waals surface area contributed by atoms with Crippen LogP contribution >= 0.6 is 0 Å². The molecule has 1 saturated carbocycles. The van der Waals surface area contributed by atoms with Gasteiger partial charge in [0.2, 0.25) is 11.8 Å². The molecule has 7 heteroatoms. The zero-order valence-electron chi connectivity index (χ0n) is 12.0.